The number of carboxylic acids is 1. The van der Waals surface area contributed by atoms with Gasteiger partial charge in [-0.25, -0.2) is 4.79 Å². The van der Waals surface area contributed by atoms with Crippen molar-refractivity contribution in [1.82, 2.24) is 9.36 Å². The van der Waals surface area contributed by atoms with Crippen molar-refractivity contribution in [3.63, 3.8) is 0 Å². The molecule has 2 aromatic heterocycles. The lowest BCUT2D eigenvalue weighted by molar-refractivity contribution is -0.137. The van der Waals surface area contributed by atoms with Crippen LogP contribution in [0.1, 0.15) is 12.5 Å². The fourth-order valence-corrected chi connectivity index (χ4v) is 3.88. The number of anilines is 2. The van der Waals surface area contributed by atoms with Crippen LogP contribution in [-0.4, -0.2) is 32.7 Å². The molecule has 0 aliphatic carbocycles. The van der Waals surface area contributed by atoms with E-state index in [2.05, 4.69) is 19.7 Å². The van der Waals surface area contributed by atoms with E-state index >= 15 is 0 Å². The second kappa shape index (κ2) is 8.61. The highest BCUT2D eigenvalue weighted by Gasteiger charge is 2.13. The molecule has 4 rings (SSSR count). The molecule has 150 valence electrons. The summed E-state index contributed by atoms with van der Waals surface area (Å²) in [5.41, 5.74) is 4.14. The Morgan fingerprint density at radius 1 is 1.23 bits per heavy atom. The number of aromatic nitrogens is 2. The van der Waals surface area contributed by atoms with E-state index in [1.807, 2.05) is 54.6 Å². The lowest BCUT2D eigenvalue weighted by atomic mass is 10.1. The van der Waals surface area contributed by atoms with Crippen LogP contribution in [0.2, 0.25) is 5.02 Å². The topological polar surface area (TPSA) is 87.5 Å². The van der Waals surface area contributed by atoms with Crippen LogP contribution in [0.5, 0.6) is 0 Å². The van der Waals surface area contributed by atoms with E-state index in [1.54, 1.807) is 6.20 Å². The number of rotatable bonds is 6. The second-order valence-electron chi connectivity index (χ2n) is 6.60. The Balaban J connectivity index is 1.62. The number of halogens is 1. The van der Waals surface area contributed by atoms with Crippen LogP contribution in [0.15, 0.2) is 65.8 Å². The van der Waals surface area contributed by atoms with Gasteiger partial charge in [0.1, 0.15) is 11.6 Å². The molecule has 0 aliphatic rings. The Kier molecular flexibility index (Phi) is 5.74. The van der Waals surface area contributed by atoms with Gasteiger partial charge in [0.15, 0.2) is 5.82 Å². The molecule has 0 fully saturated rings. The zero-order chi connectivity index (χ0) is 21.1. The van der Waals surface area contributed by atoms with Crippen molar-refractivity contribution in [2.45, 2.75) is 13.0 Å². The number of hydrogen-bond acceptors (Lipinski definition) is 6. The van der Waals surface area contributed by atoms with E-state index < -0.39 is 12.0 Å². The number of carboxylic acid groups (broad SMARTS) is 1. The van der Waals surface area contributed by atoms with E-state index in [-0.39, 0.29) is 0 Å². The van der Waals surface area contributed by atoms with Crippen LogP contribution in [0, 0.1) is 0 Å². The molecule has 0 radical (unpaired) electrons. The monoisotopic (exact) mass is 436 g/mol. The molecular weight excluding hydrogens is 420 g/mol. The van der Waals surface area contributed by atoms with Crippen LogP contribution in [0.25, 0.3) is 21.3 Å². The normalized spacial score (nSPS) is 12.3. The number of fused-ring (bicyclic) bond motifs is 1. The second-order valence-corrected chi connectivity index (χ2v) is 7.78. The molecule has 0 amide bonds. The average molecular weight is 437 g/mol. The Morgan fingerprint density at radius 2 is 2.03 bits per heavy atom. The predicted octanol–water partition coefficient (Wildman–Crippen LogP) is 5.65. The van der Waals surface area contributed by atoms with Gasteiger partial charge in [0.05, 0.1) is 15.4 Å². The molecule has 30 heavy (non-hydrogen) atoms. The molecule has 0 bridgehead atoms. The molecule has 0 saturated carbocycles. The minimum atomic E-state index is -0.973. The van der Waals surface area contributed by atoms with Crippen molar-refractivity contribution in [3.8, 4) is 11.1 Å². The number of benzene rings is 2. The fourth-order valence-electron chi connectivity index (χ4n) is 2.86. The van der Waals surface area contributed by atoms with Gasteiger partial charge >= 0.3 is 5.97 Å². The number of aliphatic imine (C=N–C) groups is 1. The zero-order valence-electron chi connectivity index (χ0n) is 15.9. The number of hydrogen-bond donors (Lipinski definition) is 2. The number of nitrogens with zero attached hydrogens (tertiary/aromatic N) is 3. The van der Waals surface area contributed by atoms with Crippen molar-refractivity contribution in [1.29, 1.82) is 0 Å². The van der Waals surface area contributed by atoms with E-state index in [9.17, 15) is 4.79 Å². The van der Waals surface area contributed by atoms with Gasteiger partial charge in [0.25, 0.3) is 0 Å². The lowest BCUT2D eigenvalue weighted by Crippen LogP contribution is -2.13. The summed E-state index contributed by atoms with van der Waals surface area (Å²) in [5, 5.41) is 12.8. The molecule has 2 heterocycles. The Bertz CT molecular complexity index is 1240. The quantitative estimate of drug-likeness (QED) is 0.381. The summed E-state index contributed by atoms with van der Waals surface area (Å²) in [4.78, 5) is 19.4. The molecule has 8 heteroatoms. The molecule has 0 aliphatic heterocycles. The van der Waals surface area contributed by atoms with Gasteiger partial charge in [-0.05, 0) is 36.2 Å². The molecule has 1 unspecified atom stereocenters. The zero-order valence-corrected chi connectivity index (χ0v) is 17.5. The maximum atomic E-state index is 10.9. The van der Waals surface area contributed by atoms with Crippen molar-refractivity contribution < 1.29 is 9.90 Å². The number of aliphatic carboxylic acids is 1. The minimum absolute atomic E-state index is 0.608. The van der Waals surface area contributed by atoms with Crippen LogP contribution < -0.4 is 5.32 Å². The largest absolute Gasteiger partial charge is 0.480 e. The average Bonchev–Trinajstić information content (AvgIpc) is 3.16. The highest BCUT2D eigenvalue weighted by molar-refractivity contribution is 7.13. The summed E-state index contributed by atoms with van der Waals surface area (Å²) in [7, 11) is 0. The minimum Gasteiger partial charge on any atom is -0.480 e. The van der Waals surface area contributed by atoms with Gasteiger partial charge in [-0.15, -0.1) is 0 Å². The predicted molar refractivity (Wildman–Crippen MR) is 122 cm³/mol. The molecule has 0 saturated heterocycles. The van der Waals surface area contributed by atoms with Crippen molar-refractivity contribution in [2.75, 3.05) is 5.32 Å². The van der Waals surface area contributed by atoms with Gasteiger partial charge in [0, 0.05) is 23.5 Å². The third-order valence-corrected chi connectivity index (χ3v) is 5.66. The summed E-state index contributed by atoms with van der Waals surface area (Å²) in [6.07, 6.45) is 3.15. The first-order valence-corrected chi connectivity index (χ1v) is 10.3. The first-order valence-electron chi connectivity index (χ1n) is 9.15. The molecule has 0 spiro atoms. The van der Waals surface area contributed by atoms with Crippen LogP contribution >= 0.6 is 23.1 Å². The van der Waals surface area contributed by atoms with E-state index in [4.69, 9.17) is 16.7 Å². The van der Waals surface area contributed by atoms with Crippen LogP contribution in [0.4, 0.5) is 11.5 Å². The van der Waals surface area contributed by atoms with Gasteiger partial charge < -0.3 is 10.4 Å². The summed E-state index contributed by atoms with van der Waals surface area (Å²) >= 11 is 7.96. The Labute approximate surface area is 182 Å². The first-order chi connectivity index (χ1) is 14.5. The maximum Gasteiger partial charge on any atom is 0.328 e. The number of carbonyl (C=O) groups is 1. The smallest absolute Gasteiger partial charge is 0.328 e. The van der Waals surface area contributed by atoms with Crippen LogP contribution in [-0.2, 0) is 4.79 Å². The van der Waals surface area contributed by atoms with Gasteiger partial charge in [-0.2, -0.15) is 4.37 Å². The highest BCUT2D eigenvalue weighted by atomic mass is 35.5. The van der Waals surface area contributed by atoms with Crippen molar-refractivity contribution >= 4 is 57.0 Å². The summed E-state index contributed by atoms with van der Waals surface area (Å²) in [6, 6.07) is 16.8. The standard InChI is InChI=1S/C22H17ClN4O2S/c1-13(22(28)29)24-11-14-10-18-20(25-12-14)21(27-30-18)26-17-9-5-8-16(19(17)23)15-6-3-2-4-7-15/h2-13H,1H3,(H,26,27)(H,28,29). The third-order valence-electron chi connectivity index (χ3n) is 4.47. The molecule has 2 aromatic carbocycles. The Morgan fingerprint density at radius 3 is 2.80 bits per heavy atom. The SMILES string of the molecule is CC(N=Cc1cnc2c(Nc3cccc(-c4ccccc4)c3Cl)nsc2c1)C(=O)O. The van der Waals surface area contributed by atoms with Gasteiger partial charge in [-0.3, -0.25) is 9.98 Å². The summed E-state index contributed by atoms with van der Waals surface area (Å²) in [5.74, 6) is -0.358. The third kappa shape index (κ3) is 4.17. The lowest BCUT2D eigenvalue weighted by Gasteiger charge is -2.11. The van der Waals surface area contributed by atoms with E-state index in [0.717, 1.165) is 27.1 Å². The molecular formula is C22H17ClN4O2S. The first kappa shape index (κ1) is 20.0. The fraction of sp³-hybridized carbons (Fsp3) is 0.0909. The molecule has 4 aromatic rings. The van der Waals surface area contributed by atoms with Crippen LogP contribution in [0.3, 0.4) is 0 Å². The van der Waals surface area contributed by atoms with Gasteiger partial charge in [-0.1, -0.05) is 54.1 Å². The van der Waals surface area contributed by atoms with E-state index in [0.29, 0.717) is 16.4 Å². The molecule has 6 nitrogen and oxygen atoms in total. The number of nitrogens with one attached hydrogen (secondary N) is 1. The van der Waals surface area contributed by atoms with Gasteiger partial charge in [0.2, 0.25) is 0 Å². The van der Waals surface area contributed by atoms with Crippen molar-refractivity contribution in [2.24, 2.45) is 4.99 Å². The van der Waals surface area contributed by atoms with Crippen molar-refractivity contribution in [3.05, 3.63) is 71.4 Å². The highest BCUT2D eigenvalue weighted by Crippen LogP contribution is 2.36. The summed E-state index contributed by atoms with van der Waals surface area (Å²) in [6.45, 7) is 1.52. The Hall–Kier alpha value is -3.29. The number of pyridine rings is 1. The summed E-state index contributed by atoms with van der Waals surface area (Å²) < 4.78 is 5.33. The molecule has 1 atom stereocenters. The molecule has 2 N–H and O–H groups in total. The van der Waals surface area contributed by atoms with E-state index in [1.165, 1.54) is 24.7 Å². The maximum absolute atomic E-state index is 10.9.